The van der Waals surface area contributed by atoms with E-state index >= 15 is 0 Å². The molecule has 5 rings (SSSR count). The largest absolute Gasteiger partial charge is 0.377 e. The van der Waals surface area contributed by atoms with E-state index in [1.165, 1.54) is 64.9 Å². The van der Waals surface area contributed by atoms with Crippen LogP contribution in [0.5, 0.6) is 0 Å². The number of dihydropyridines is 1. The molecule has 0 radical (unpaired) electrons. The van der Waals surface area contributed by atoms with Crippen LogP contribution in [-0.4, -0.2) is 10.6 Å². The maximum Gasteiger partial charge on any atom is 0.293 e. The van der Waals surface area contributed by atoms with Gasteiger partial charge in [-0.2, -0.15) is 4.57 Å². The van der Waals surface area contributed by atoms with Gasteiger partial charge in [-0.05, 0) is 80.5 Å². The van der Waals surface area contributed by atoms with Gasteiger partial charge in [0.25, 0.3) is 5.82 Å². The van der Waals surface area contributed by atoms with Crippen LogP contribution in [0.15, 0.2) is 35.6 Å². The number of aromatic nitrogens is 2. The van der Waals surface area contributed by atoms with Gasteiger partial charge >= 0.3 is 0 Å². The normalized spacial score (nSPS) is 27.2. The smallest absolute Gasteiger partial charge is 0.293 e. The Morgan fingerprint density at radius 2 is 1.80 bits per heavy atom. The highest BCUT2D eigenvalue weighted by Crippen LogP contribution is 2.55. The third kappa shape index (κ3) is 3.26. The lowest BCUT2D eigenvalue weighted by molar-refractivity contribution is -0.758. The molecule has 3 aliphatic heterocycles. The minimum Gasteiger partial charge on any atom is -0.377 e. The molecule has 0 amide bonds. The van der Waals surface area contributed by atoms with Crippen molar-refractivity contribution in [1.29, 1.82) is 0 Å². The molecule has 4 heterocycles. The second kappa shape index (κ2) is 8.11. The van der Waals surface area contributed by atoms with Crippen LogP contribution in [0.1, 0.15) is 104 Å². The van der Waals surface area contributed by atoms with Crippen molar-refractivity contribution in [1.82, 2.24) is 9.88 Å². The summed E-state index contributed by atoms with van der Waals surface area (Å²) >= 11 is 0. The lowest BCUT2D eigenvalue weighted by Gasteiger charge is -2.51. The molecule has 3 aliphatic rings. The van der Waals surface area contributed by atoms with Gasteiger partial charge in [0.1, 0.15) is 5.54 Å². The molecule has 0 saturated carbocycles. The Balaban J connectivity index is 1.86. The lowest BCUT2D eigenvalue weighted by atomic mass is 9.59. The van der Waals surface area contributed by atoms with Crippen molar-refractivity contribution in [3.05, 3.63) is 52.5 Å². The molecule has 188 valence electrons. The fourth-order valence-electron chi connectivity index (χ4n) is 6.96. The molecule has 1 N–H and O–H groups in total. The highest BCUT2D eigenvalue weighted by Gasteiger charge is 2.59. The van der Waals surface area contributed by atoms with Gasteiger partial charge in [-0.3, -0.25) is 0 Å². The number of imidazole rings is 1. The van der Waals surface area contributed by atoms with Gasteiger partial charge in [-0.25, -0.2) is 4.57 Å². The molecule has 3 heteroatoms. The van der Waals surface area contributed by atoms with E-state index in [0.717, 1.165) is 12.8 Å². The molecule has 35 heavy (non-hydrogen) atoms. The zero-order chi connectivity index (χ0) is 25.3. The van der Waals surface area contributed by atoms with E-state index in [9.17, 15) is 0 Å². The predicted octanol–water partition coefficient (Wildman–Crippen LogP) is 7.66. The summed E-state index contributed by atoms with van der Waals surface area (Å²) in [5, 5.41) is 3.93. The van der Waals surface area contributed by atoms with E-state index in [1.807, 2.05) is 0 Å². The minimum absolute atomic E-state index is 0.0118. The topological polar surface area (TPSA) is 20.8 Å². The van der Waals surface area contributed by atoms with Crippen LogP contribution in [0.2, 0.25) is 0 Å². The molecule has 2 aromatic rings. The van der Waals surface area contributed by atoms with E-state index in [2.05, 4.69) is 107 Å². The molecule has 0 spiro atoms. The van der Waals surface area contributed by atoms with Gasteiger partial charge in [0, 0.05) is 16.5 Å². The second-order valence-corrected chi connectivity index (χ2v) is 12.7. The monoisotopic (exact) mass is 472 g/mol. The minimum atomic E-state index is -0.0118. The average molecular weight is 473 g/mol. The SMILES string of the molecule is CCCCCc1cc2c(cc1C)[n+]1c3n2C=CC2NC(C(C)(C)C)=CC(=C32)C(C)(CC)C1(C)CC. The standard InChI is InChI=1S/C32H45N3/c1-10-13-14-15-22-19-25-26(18-21(22)4)35-29-28-23(31(8,11-2)32(35,9)12-3)20-27(30(5,6)7)33-24(28)16-17-34(25)29/h16-20,24H,10-15H2,1-9H3/p+1. The first kappa shape index (κ1) is 24.4. The summed E-state index contributed by atoms with van der Waals surface area (Å²) in [5.41, 5.74) is 10.2. The molecule has 1 aromatic heterocycles. The molecule has 0 aliphatic carbocycles. The molecule has 0 saturated heterocycles. The number of fused-ring (bicyclic) bond motifs is 3. The van der Waals surface area contributed by atoms with Crippen LogP contribution in [0.3, 0.4) is 0 Å². The van der Waals surface area contributed by atoms with Crippen molar-refractivity contribution in [3.8, 4) is 0 Å². The number of nitrogens with zero attached hydrogens (tertiary/aromatic N) is 2. The Morgan fingerprint density at radius 3 is 2.43 bits per heavy atom. The number of aryl methyl sites for hydroxylation is 2. The first-order valence-corrected chi connectivity index (χ1v) is 14.0. The van der Waals surface area contributed by atoms with Crippen LogP contribution in [0.4, 0.5) is 0 Å². The van der Waals surface area contributed by atoms with Gasteiger partial charge in [0.05, 0.1) is 17.8 Å². The van der Waals surface area contributed by atoms with Gasteiger partial charge in [-0.1, -0.05) is 61.3 Å². The summed E-state index contributed by atoms with van der Waals surface area (Å²) in [6.07, 6.45) is 14.5. The van der Waals surface area contributed by atoms with Crippen molar-refractivity contribution in [2.24, 2.45) is 10.8 Å². The molecule has 0 bridgehead atoms. The summed E-state index contributed by atoms with van der Waals surface area (Å²) in [6, 6.07) is 5.22. The fraction of sp³-hybridized carbons (Fsp3) is 0.594. The molecule has 3 unspecified atom stereocenters. The average Bonchev–Trinajstić information content (AvgIpc) is 3.15. The number of unbranched alkanes of at least 4 members (excludes halogenated alkanes) is 2. The van der Waals surface area contributed by atoms with Crippen LogP contribution < -0.4 is 9.88 Å². The van der Waals surface area contributed by atoms with Gasteiger partial charge in [-0.15, -0.1) is 0 Å². The van der Waals surface area contributed by atoms with Crippen LogP contribution in [-0.2, 0) is 12.0 Å². The maximum atomic E-state index is 3.93. The number of allylic oxidation sites excluding steroid dienone is 3. The summed E-state index contributed by atoms with van der Waals surface area (Å²) < 4.78 is 5.24. The van der Waals surface area contributed by atoms with Crippen LogP contribution >= 0.6 is 0 Å². The summed E-state index contributed by atoms with van der Waals surface area (Å²) in [4.78, 5) is 0. The number of nitrogens with one attached hydrogen (secondary N) is 1. The Morgan fingerprint density at radius 1 is 1.06 bits per heavy atom. The van der Waals surface area contributed by atoms with Crippen molar-refractivity contribution in [2.75, 3.05) is 0 Å². The van der Waals surface area contributed by atoms with Crippen LogP contribution in [0.25, 0.3) is 22.8 Å². The number of benzene rings is 1. The molecular weight excluding hydrogens is 426 g/mol. The fourth-order valence-corrected chi connectivity index (χ4v) is 6.96. The second-order valence-electron chi connectivity index (χ2n) is 12.7. The molecule has 3 nitrogen and oxygen atoms in total. The van der Waals surface area contributed by atoms with E-state index in [0.29, 0.717) is 0 Å². The predicted molar refractivity (Wildman–Crippen MR) is 149 cm³/mol. The third-order valence-electron chi connectivity index (χ3n) is 9.77. The van der Waals surface area contributed by atoms with E-state index in [1.54, 1.807) is 5.57 Å². The van der Waals surface area contributed by atoms with E-state index < -0.39 is 0 Å². The first-order chi connectivity index (χ1) is 16.5. The zero-order valence-electron chi connectivity index (χ0n) is 23.6. The Labute approximate surface area is 213 Å². The van der Waals surface area contributed by atoms with Gasteiger partial charge < -0.3 is 5.32 Å². The highest BCUT2D eigenvalue weighted by atomic mass is 15.2. The van der Waals surface area contributed by atoms with E-state index in [4.69, 9.17) is 0 Å². The summed E-state index contributed by atoms with van der Waals surface area (Å²) in [5.74, 6) is 1.39. The quantitative estimate of drug-likeness (QED) is 0.338. The number of rotatable bonds is 6. The molecular formula is C32H46N3+. The molecule has 0 fully saturated rings. The molecule has 1 aromatic carbocycles. The first-order valence-electron chi connectivity index (χ1n) is 14.0. The Bertz CT molecular complexity index is 1280. The van der Waals surface area contributed by atoms with Gasteiger partial charge in [0.15, 0.2) is 11.0 Å². The molecule has 3 atom stereocenters. The van der Waals surface area contributed by atoms with Gasteiger partial charge in [0.2, 0.25) is 0 Å². The Hall–Kier alpha value is -2.29. The third-order valence-corrected chi connectivity index (χ3v) is 9.77. The summed E-state index contributed by atoms with van der Waals surface area (Å²) in [6.45, 7) is 21.4. The Kier molecular flexibility index (Phi) is 5.66. The highest BCUT2D eigenvalue weighted by molar-refractivity contribution is 5.87. The van der Waals surface area contributed by atoms with Crippen LogP contribution in [0, 0.1) is 17.8 Å². The zero-order valence-corrected chi connectivity index (χ0v) is 23.6. The van der Waals surface area contributed by atoms with Crippen molar-refractivity contribution < 1.29 is 4.57 Å². The maximum absolute atomic E-state index is 3.93. The van der Waals surface area contributed by atoms with Crippen molar-refractivity contribution in [3.63, 3.8) is 0 Å². The van der Waals surface area contributed by atoms with E-state index in [-0.39, 0.29) is 22.4 Å². The summed E-state index contributed by atoms with van der Waals surface area (Å²) in [7, 11) is 0. The number of hydrogen-bond donors (Lipinski definition) is 1. The van der Waals surface area contributed by atoms with Crippen molar-refractivity contribution in [2.45, 2.75) is 112 Å². The lowest BCUT2D eigenvalue weighted by Crippen LogP contribution is -2.68. The number of hydrogen-bond acceptors (Lipinski definition) is 1. The van der Waals surface area contributed by atoms with Crippen molar-refractivity contribution >= 4 is 22.8 Å².